The zero-order valence-electron chi connectivity index (χ0n) is 15.8. The number of thiazole rings is 1. The van der Waals surface area contributed by atoms with Crippen LogP contribution in [-0.2, 0) is 4.79 Å². The average Bonchev–Trinajstić information content (AvgIpc) is 3.21. The highest BCUT2D eigenvalue weighted by atomic mass is 32.1. The van der Waals surface area contributed by atoms with Gasteiger partial charge in [0.1, 0.15) is 24.7 Å². The lowest BCUT2D eigenvalue weighted by molar-refractivity contribution is -0.118. The molecule has 0 spiro atoms. The van der Waals surface area contributed by atoms with Gasteiger partial charge in [0.15, 0.2) is 23.2 Å². The van der Waals surface area contributed by atoms with Gasteiger partial charge in [-0.15, -0.1) is 11.3 Å². The minimum atomic E-state index is -0.276. The Labute approximate surface area is 172 Å². The number of fused-ring (bicyclic) bond motifs is 1. The maximum atomic E-state index is 12.2. The number of rotatable bonds is 7. The molecule has 1 aromatic heterocycles. The van der Waals surface area contributed by atoms with Crippen LogP contribution in [0.15, 0.2) is 47.8 Å². The van der Waals surface area contributed by atoms with Gasteiger partial charge in [0.25, 0.3) is 5.91 Å². The minimum absolute atomic E-state index is 0.104. The monoisotopic (exact) mass is 412 g/mol. The van der Waals surface area contributed by atoms with E-state index in [1.54, 1.807) is 24.3 Å². The van der Waals surface area contributed by atoms with E-state index >= 15 is 0 Å². The lowest BCUT2D eigenvalue weighted by Gasteiger charge is -2.18. The predicted octanol–water partition coefficient (Wildman–Crippen LogP) is 4.00. The van der Waals surface area contributed by atoms with Crippen LogP contribution in [0, 0.1) is 0 Å². The molecule has 0 radical (unpaired) electrons. The van der Waals surface area contributed by atoms with Crippen molar-refractivity contribution >= 4 is 22.4 Å². The zero-order valence-corrected chi connectivity index (χ0v) is 16.7. The second kappa shape index (κ2) is 8.83. The first kappa shape index (κ1) is 19.1. The molecular formula is C21H20N2O5S. The molecule has 0 aliphatic carbocycles. The molecule has 29 heavy (non-hydrogen) atoms. The van der Waals surface area contributed by atoms with Gasteiger partial charge in [0.05, 0.1) is 12.3 Å². The van der Waals surface area contributed by atoms with Crippen molar-refractivity contribution in [3.8, 4) is 34.3 Å². The fourth-order valence-electron chi connectivity index (χ4n) is 2.77. The summed E-state index contributed by atoms with van der Waals surface area (Å²) in [5, 5.41) is 5.15. The van der Waals surface area contributed by atoms with Gasteiger partial charge in [0, 0.05) is 10.9 Å². The van der Waals surface area contributed by atoms with Crippen LogP contribution in [0.5, 0.6) is 23.0 Å². The Balaban J connectivity index is 1.33. The second-order valence-corrected chi connectivity index (χ2v) is 7.00. The van der Waals surface area contributed by atoms with E-state index in [2.05, 4.69) is 10.3 Å². The van der Waals surface area contributed by atoms with Gasteiger partial charge in [-0.3, -0.25) is 10.1 Å². The molecule has 1 amide bonds. The van der Waals surface area contributed by atoms with E-state index in [1.165, 1.54) is 11.3 Å². The van der Waals surface area contributed by atoms with Gasteiger partial charge in [-0.25, -0.2) is 4.98 Å². The van der Waals surface area contributed by atoms with Gasteiger partial charge >= 0.3 is 0 Å². The molecule has 2 aromatic carbocycles. The van der Waals surface area contributed by atoms with Crippen LogP contribution in [0.4, 0.5) is 5.13 Å². The molecule has 4 rings (SSSR count). The number of carbonyl (C=O) groups is 1. The molecule has 150 valence electrons. The van der Waals surface area contributed by atoms with Crippen LogP contribution in [0.1, 0.15) is 6.92 Å². The maximum absolute atomic E-state index is 12.2. The van der Waals surface area contributed by atoms with E-state index in [4.69, 9.17) is 18.9 Å². The van der Waals surface area contributed by atoms with Crippen LogP contribution >= 0.6 is 11.3 Å². The summed E-state index contributed by atoms with van der Waals surface area (Å²) in [6.45, 7) is 3.51. The molecule has 0 atom stereocenters. The first-order valence-corrected chi connectivity index (χ1v) is 10.1. The number of nitrogens with zero attached hydrogens (tertiary/aromatic N) is 1. The number of anilines is 1. The van der Waals surface area contributed by atoms with Crippen molar-refractivity contribution in [2.45, 2.75) is 6.92 Å². The van der Waals surface area contributed by atoms with Gasteiger partial charge in [-0.05, 0) is 49.4 Å². The van der Waals surface area contributed by atoms with Gasteiger partial charge in [-0.1, -0.05) is 0 Å². The van der Waals surface area contributed by atoms with E-state index in [1.807, 2.05) is 30.5 Å². The summed E-state index contributed by atoms with van der Waals surface area (Å²) in [6.07, 6.45) is 0. The van der Waals surface area contributed by atoms with Crippen LogP contribution in [0.2, 0.25) is 0 Å². The molecule has 0 saturated heterocycles. The van der Waals surface area contributed by atoms with Crippen molar-refractivity contribution in [1.82, 2.24) is 4.98 Å². The number of benzene rings is 2. The molecular weight excluding hydrogens is 392 g/mol. The number of ether oxygens (including phenoxy) is 4. The van der Waals surface area contributed by atoms with Crippen molar-refractivity contribution in [1.29, 1.82) is 0 Å². The van der Waals surface area contributed by atoms with Crippen LogP contribution in [0.25, 0.3) is 11.3 Å². The highest BCUT2D eigenvalue weighted by molar-refractivity contribution is 7.14. The molecule has 0 unspecified atom stereocenters. The molecule has 1 aliphatic heterocycles. The Morgan fingerprint density at radius 2 is 1.79 bits per heavy atom. The molecule has 8 heteroatoms. The van der Waals surface area contributed by atoms with E-state index < -0.39 is 0 Å². The molecule has 0 saturated carbocycles. The standard InChI is InChI=1S/C21H20N2O5S/c1-2-25-15-4-6-16(7-5-15)28-12-20(24)23-21-22-17(13-29-21)14-3-8-18-19(11-14)27-10-9-26-18/h3-8,11,13H,2,9-10,12H2,1H3,(H,22,23,24). The van der Waals surface area contributed by atoms with Crippen LogP contribution in [0.3, 0.4) is 0 Å². The van der Waals surface area contributed by atoms with Crippen LogP contribution < -0.4 is 24.3 Å². The highest BCUT2D eigenvalue weighted by Crippen LogP contribution is 2.35. The Hall–Kier alpha value is -3.26. The summed E-state index contributed by atoms with van der Waals surface area (Å²) >= 11 is 1.35. The average molecular weight is 412 g/mol. The summed E-state index contributed by atoms with van der Waals surface area (Å²) in [5.41, 5.74) is 1.66. The number of aromatic nitrogens is 1. The Morgan fingerprint density at radius 3 is 2.55 bits per heavy atom. The van der Waals surface area contributed by atoms with Crippen molar-refractivity contribution in [2.75, 3.05) is 31.7 Å². The Kier molecular flexibility index (Phi) is 5.81. The molecule has 2 heterocycles. The third kappa shape index (κ3) is 4.78. The predicted molar refractivity (Wildman–Crippen MR) is 110 cm³/mol. The second-order valence-electron chi connectivity index (χ2n) is 6.14. The molecule has 0 bridgehead atoms. The lowest BCUT2D eigenvalue weighted by Crippen LogP contribution is -2.20. The van der Waals surface area contributed by atoms with Crippen molar-refractivity contribution < 1.29 is 23.7 Å². The van der Waals surface area contributed by atoms with Crippen molar-refractivity contribution in [3.63, 3.8) is 0 Å². The molecule has 3 aromatic rings. The lowest BCUT2D eigenvalue weighted by atomic mass is 10.1. The van der Waals surface area contributed by atoms with Gasteiger partial charge < -0.3 is 18.9 Å². The highest BCUT2D eigenvalue weighted by Gasteiger charge is 2.14. The SMILES string of the molecule is CCOc1ccc(OCC(=O)Nc2nc(-c3ccc4c(c3)OCCO4)cs2)cc1. The van der Waals surface area contributed by atoms with Gasteiger partial charge in [-0.2, -0.15) is 0 Å². The normalized spacial score (nSPS) is 12.3. The number of hydrogen-bond donors (Lipinski definition) is 1. The van der Waals surface area contributed by atoms with E-state index in [0.717, 1.165) is 22.8 Å². The first-order valence-electron chi connectivity index (χ1n) is 9.22. The fourth-order valence-corrected chi connectivity index (χ4v) is 3.51. The molecule has 1 aliphatic rings. The van der Waals surface area contributed by atoms with E-state index in [-0.39, 0.29) is 12.5 Å². The molecule has 7 nitrogen and oxygen atoms in total. The van der Waals surface area contributed by atoms with Crippen molar-refractivity contribution in [3.05, 3.63) is 47.8 Å². The summed E-state index contributed by atoms with van der Waals surface area (Å²) in [5.74, 6) is 2.52. The summed E-state index contributed by atoms with van der Waals surface area (Å²) < 4.78 is 22.0. The van der Waals surface area contributed by atoms with Gasteiger partial charge in [0.2, 0.25) is 0 Å². The van der Waals surface area contributed by atoms with E-state index in [9.17, 15) is 4.79 Å². The first-order chi connectivity index (χ1) is 14.2. The van der Waals surface area contributed by atoms with Crippen molar-refractivity contribution in [2.24, 2.45) is 0 Å². The Bertz CT molecular complexity index is 987. The molecule has 1 N–H and O–H groups in total. The topological polar surface area (TPSA) is 78.9 Å². The Morgan fingerprint density at radius 1 is 1.07 bits per heavy atom. The largest absolute Gasteiger partial charge is 0.494 e. The third-order valence-electron chi connectivity index (χ3n) is 4.09. The summed E-state index contributed by atoms with van der Waals surface area (Å²) in [4.78, 5) is 16.6. The molecule has 0 fully saturated rings. The van der Waals surface area contributed by atoms with E-state index in [0.29, 0.717) is 36.5 Å². The quantitative estimate of drug-likeness (QED) is 0.632. The number of hydrogen-bond acceptors (Lipinski definition) is 7. The summed E-state index contributed by atoms with van der Waals surface area (Å²) in [7, 11) is 0. The third-order valence-corrected chi connectivity index (χ3v) is 4.85. The number of carbonyl (C=O) groups excluding carboxylic acids is 1. The van der Waals surface area contributed by atoms with Crippen LogP contribution in [-0.4, -0.2) is 37.3 Å². The number of amides is 1. The fraction of sp³-hybridized carbons (Fsp3) is 0.238. The minimum Gasteiger partial charge on any atom is -0.494 e. The maximum Gasteiger partial charge on any atom is 0.264 e. The smallest absolute Gasteiger partial charge is 0.264 e. The zero-order chi connectivity index (χ0) is 20.1. The summed E-state index contributed by atoms with van der Waals surface area (Å²) in [6, 6.07) is 12.8. The number of nitrogens with one attached hydrogen (secondary N) is 1.